The fourth-order valence-electron chi connectivity index (χ4n) is 2.88. The van der Waals surface area contributed by atoms with Crippen molar-refractivity contribution in [1.82, 2.24) is 5.16 Å². The molecule has 21 heavy (non-hydrogen) atoms. The van der Waals surface area contributed by atoms with Crippen LogP contribution in [0.5, 0.6) is 0 Å². The number of amides is 1. The van der Waals surface area contributed by atoms with E-state index < -0.39 is 11.4 Å². The molecule has 1 saturated carbocycles. The number of aliphatic carboxylic acids is 1. The number of hydrogen-bond acceptors (Lipinski definition) is 4. The van der Waals surface area contributed by atoms with Gasteiger partial charge in [-0.05, 0) is 26.7 Å². The fraction of sp³-hybridized carbons (Fsp3) is 0.667. The van der Waals surface area contributed by atoms with Crippen LogP contribution in [-0.2, 0) is 9.59 Å². The van der Waals surface area contributed by atoms with Crippen molar-refractivity contribution in [2.24, 2.45) is 5.41 Å². The zero-order chi connectivity index (χ0) is 15.5. The average Bonchev–Trinajstić information content (AvgIpc) is 2.67. The van der Waals surface area contributed by atoms with Crippen LogP contribution < -0.4 is 5.32 Å². The zero-order valence-corrected chi connectivity index (χ0v) is 12.6. The van der Waals surface area contributed by atoms with Crippen molar-refractivity contribution in [2.75, 3.05) is 5.32 Å². The molecule has 0 aromatic carbocycles. The Morgan fingerprint density at radius 3 is 2.33 bits per heavy atom. The molecule has 1 aliphatic carbocycles. The van der Waals surface area contributed by atoms with E-state index in [0.29, 0.717) is 24.4 Å². The maximum absolute atomic E-state index is 12.2. The van der Waals surface area contributed by atoms with Crippen LogP contribution in [0.2, 0.25) is 0 Å². The highest BCUT2D eigenvalue weighted by Gasteiger charge is 2.40. The van der Waals surface area contributed by atoms with Crippen molar-refractivity contribution in [3.63, 3.8) is 0 Å². The molecule has 0 spiro atoms. The lowest BCUT2D eigenvalue weighted by molar-refractivity contribution is -0.152. The summed E-state index contributed by atoms with van der Waals surface area (Å²) in [4.78, 5) is 23.9. The van der Waals surface area contributed by atoms with Crippen LogP contribution in [-0.4, -0.2) is 22.1 Å². The fourth-order valence-corrected chi connectivity index (χ4v) is 2.88. The highest BCUT2D eigenvalue weighted by atomic mass is 16.5. The lowest BCUT2D eigenvalue weighted by Gasteiger charge is -2.27. The molecule has 0 unspecified atom stereocenters. The van der Waals surface area contributed by atoms with Gasteiger partial charge in [0.2, 0.25) is 11.8 Å². The van der Waals surface area contributed by atoms with Gasteiger partial charge in [-0.15, -0.1) is 0 Å². The summed E-state index contributed by atoms with van der Waals surface area (Å²) in [6.07, 6.45) is 4.91. The van der Waals surface area contributed by atoms with Gasteiger partial charge in [0.15, 0.2) is 0 Å². The molecule has 1 heterocycles. The maximum atomic E-state index is 12.2. The Labute approximate surface area is 123 Å². The molecule has 1 aromatic rings. The van der Waals surface area contributed by atoms with Crippen molar-refractivity contribution in [1.29, 1.82) is 0 Å². The summed E-state index contributed by atoms with van der Waals surface area (Å²) in [5.74, 6) is -0.879. The predicted octanol–water partition coefficient (Wildman–Crippen LogP) is 3.05. The molecule has 1 aromatic heterocycles. The number of carboxylic acid groups (broad SMARTS) is 1. The lowest BCUT2D eigenvalue weighted by atomic mass is 9.77. The number of carbonyl (C=O) groups excluding carboxylic acids is 1. The van der Waals surface area contributed by atoms with E-state index in [0.717, 1.165) is 31.2 Å². The van der Waals surface area contributed by atoms with E-state index in [-0.39, 0.29) is 12.3 Å². The number of aromatic nitrogens is 1. The molecule has 1 aliphatic rings. The van der Waals surface area contributed by atoms with Crippen LogP contribution >= 0.6 is 0 Å². The molecule has 0 aliphatic heterocycles. The normalized spacial score (nSPS) is 18.0. The van der Waals surface area contributed by atoms with E-state index in [1.54, 1.807) is 13.8 Å². The molecule has 6 heteroatoms. The second kappa shape index (κ2) is 6.28. The Bertz CT molecular complexity index is 528. The monoisotopic (exact) mass is 294 g/mol. The quantitative estimate of drug-likeness (QED) is 0.833. The van der Waals surface area contributed by atoms with Crippen molar-refractivity contribution >= 4 is 17.8 Å². The first kappa shape index (κ1) is 15.5. The molecule has 6 nitrogen and oxygen atoms in total. The smallest absolute Gasteiger partial charge is 0.310 e. The van der Waals surface area contributed by atoms with Crippen molar-refractivity contribution in [3.05, 3.63) is 11.3 Å². The van der Waals surface area contributed by atoms with E-state index in [1.807, 2.05) is 0 Å². The van der Waals surface area contributed by atoms with E-state index in [4.69, 9.17) is 4.52 Å². The van der Waals surface area contributed by atoms with Gasteiger partial charge < -0.3 is 9.63 Å². The molecule has 2 N–H and O–H groups in total. The molecule has 116 valence electrons. The third kappa shape index (κ3) is 3.43. The first-order valence-corrected chi connectivity index (χ1v) is 7.41. The average molecular weight is 294 g/mol. The van der Waals surface area contributed by atoms with Gasteiger partial charge >= 0.3 is 5.97 Å². The molecular weight excluding hydrogens is 272 g/mol. The number of anilines is 1. The van der Waals surface area contributed by atoms with Crippen LogP contribution in [0.25, 0.3) is 0 Å². The van der Waals surface area contributed by atoms with Crippen LogP contribution in [0.1, 0.15) is 56.2 Å². The Morgan fingerprint density at radius 2 is 1.86 bits per heavy atom. The number of nitrogens with one attached hydrogen (secondary N) is 1. The van der Waals surface area contributed by atoms with Crippen molar-refractivity contribution in [3.8, 4) is 0 Å². The number of rotatable bonds is 4. The van der Waals surface area contributed by atoms with Gasteiger partial charge in [-0.3, -0.25) is 14.9 Å². The number of nitrogens with zero attached hydrogens (tertiary/aromatic N) is 1. The number of carbonyl (C=O) groups is 2. The standard InChI is InChI=1S/C15H22N2O4/c1-10-11(2)17-21-13(10)16-12(18)9-15(14(19)20)7-5-3-4-6-8-15/h3-9H2,1-2H3,(H,16,18)(H,19,20). The summed E-state index contributed by atoms with van der Waals surface area (Å²) in [5.41, 5.74) is 0.546. The first-order chi connectivity index (χ1) is 9.94. The van der Waals surface area contributed by atoms with Gasteiger partial charge in [0.1, 0.15) is 0 Å². The first-order valence-electron chi connectivity index (χ1n) is 7.41. The van der Waals surface area contributed by atoms with Crippen LogP contribution in [0.4, 0.5) is 5.88 Å². The summed E-state index contributed by atoms with van der Waals surface area (Å²) in [6.45, 7) is 3.60. The van der Waals surface area contributed by atoms with Crippen LogP contribution in [0, 0.1) is 19.3 Å². The summed E-state index contributed by atoms with van der Waals surface area (Å²) in [5, 5.41) is 16.0. The topological polar surface area (TPSA) is 92.4 Å². The van der Waals surface area contributed by atoms with Gasteiger partial charge in [-0.1, -0.05) is 30.8 Å². The number of hydrogen-bond donors (Lipinski definition) is 2. The van der Waals surface area contributed by atoms with E-state index in [1.165, 1.54) is 0 Å². The summed E-state index contributed by atoms with van der Waals surface area (Å²) < 4.78 is 5.04. The SMILES string of the molecule is Cc1noc(NC(=O)CC2(C(=O)O)CCCCCC2)c1C. The summed E-state index contributed by atoms with van der Waals surface area (Å²) in [7, 11) is 0. The largest absolute Gasteiger partial charge is 0.481 e. The Kier molecular flexibility index (Phi) is 4.65. The van der Waals surface area contributed by atoms with Gasteiger partial charge in [-0.25, -0.2) is 0 Å². The van der Waals surface area contributed by atoms with Crippen LogP contribution in [0.15, 0.2) is 4.52 Å². The number of aryl methyl sites for hydroxylation is 1. The Hall–Kier alpha value is -1.85. The second-order valence-corrected chi connectivity index (χ2v) is 5.95. The molecule has 0 atom stereocenters. The third-order valence-electron chi connectivity index (χ3n) is 4.42. The van der Waals surface area contributed by atoms with Gasteiger partial charge in [-0.2, -0.15) is 0 Å². The van der Waals surface area contributed by atoms with E-state index in [9.17, 15) is 14.7 Å². The zero-order valence-electron chi connectivity index (χ0n) is 12.6. The van der Waals surface area contributed by atoms with Gasteiger partial charge in [0.05, 0.1) is 11.1 Å². The Balaban J connectivity index is 2.08. The minimum absolute atomic E-state index is 0.0124. The molecule has 2 rings (SSSR count). The van der Waals surface area contributed by atoms with Crippen molar-refractivity contribution in [2.45, 2.75) is 58.8 Å². The van der Waals surface area contributed by atoms with Gasteiger partial charge in [0.25, 0.3) is 0 Å². The molecule has 0 radical (unpaired) electrons. The molecular formula is C15H22N2O4. The predicted molar refractivity (Wildman–Crippen MR) is 77.0 cm³/mol. The second-order valence-electron chi connectivity index (χ2n) is 5.95. The highest BCUT2D eigenvalue weighted by molar-refractivity contribution is 5.93. The summed E-state index contributed by atoms with van der Waals surface area (Å²) in [6, 6.07) is 0. The van der Waals surface area contributed by atoms with Gasteiger partial charge in [0, 0.05) is 12.0 Å². The Morgan fingerprint density at radius 1 is 1.24 bits per heavy atom. The van der Waals surface area contributed by atoms with Crippen LogP contribution in [0.3, 0.4) is 0 Å². The third-order valence-corrected chi connectivity index (χ3v) is 4.42. The summed E-state index contributed by atoms with van der Waals surface area (Å²) >= 11 is 0. The molecule has 0 bridgehead atoms. The minimum atomic E-state index is -0.941. The van der Waals surface area contributed by atoms with Crippen molar-refractivity contribution < 1.29 is 19.2 Å². The highest BCUT2D eigenvalue weighted by Crippen LogP contribution is 2.38. The molecule has 0 saturated heterocycles. The molecule has 1 fully saturated rings. The lowest BCUT2D eigenvalue weighted by Crippen LogP contribution is -2.35. The molecule has 1 amide bonds. The minimum Gasteiger partial charge on any atom is -0.481 e. The maximum Gasteiger partial charge on any atom is 0.310 e. The number of carboxylic acids is 1. The van der Waals surface area contributed by atoms with E-state index >= 15 is 0 Å². The van der Waals surface area contributed by atoms with E-state index in [2.05, 4.69) is 10.5 Å².